The van der Waals surface area contributed by atoms with Crippen molar-refractivity contribution in [1.82, 2.24) is 10.2 Å². The first-order valence-electron chi connectivity index (χ1n) is 7.35. The number of amides is 1. The highest BCUT2D eigenvalue weighted by Crippen LogP contribution is 2.24. The van der Waals surface area contributed by atoms with Gasteiger partial charge in [0.15, 0.2) is 0 Å². The number of carbonyl (C=O) groups excluding carboxylic acids is 1. The van der Waals surface area contributed by atoms with Gasteiger partial charge in [0.2, 0.25) is 5.91 Å². The zero-order valence-electron chi connectivity index (χ0n) is 13.3. The van der Waals surface area contributed by atoms with Crippen LogP contribution in [0.25, 0.3) is 0 Å². The second-order valence-electron chi connectivity index (χ2n) is 5.71. The van der Waals surface area contributed by atoms with Crippen molar-refractivity contribution in [1.29, 1.82) is 0 Å². The molecule has 5 heteroatoms. The van der Waals surface area contributed by atoms with Crippen LogP contribution in [-0.4, -0.2) is 36.5 Å². The second-order valence-corrected chi connectivity index (χ2v) is 5.71. The zero-order chi connectivity index (χ0) is 16.0. The lowest BCUT2D eigenvalue weighted by Crippen LogP contribution is -2.44. The molecule has 0 aliphatic carbocycles. The summed E-state index contributed by atoms with van der Waals surface area (Å²) in [6.07, 6.45) is 0.747. The number of benzene rings is 1. The van der Waals surface area contributed by atoms with E-state index in [9.17, 15) is 9.18 Å². The SMILES string of the molecule is CCC(N)C(c1cccc(F)c1)N(C)CC(=O)NC(C)C. The fourth-order valence-electron chi connectivity index (χ4n) is 2.43. The number of hydrogen-bond acceptors (Lipinski definition) is 3. The highest BCUT2D eigenvalue weighted by Gasteiger charge is 2.25. The topological polar surface area (TPSA) is 58.4 Å². The van der Waals surface area contributed by atoms with E-state index >= 15 is 0 Å². The van der Waals surface area contributed by atoms with Crippen molar-refractivity contribution < 1.29 is 9.18 Å². The van der Waals surface area contributed by atoms with E-state index < -0.39 is 0 Å². The summed E-state index contributed by atoms with van der Waals surface area (Å²) in [6.45, 7) is 6.05. The van der Waals surface area contributed by atoms with Crippen LogP contribution in [0.3, 0.4) is 0 Å². The minimum Gasteiger partial charge on any atom is -0.353 e. The Hall–Kier alpha value is -1.46. The summed E-state index contributed by atoms with van der Waals surface area (Å²) in [6, 6.07) is 6.15. The lowest BCUT2D eigenvalue weighted by atomic mass is 9.96. The van der Waals surface area contributed by atoms with Crippen molar-refractivity contribution in [3.63, 3.8) is 0 Å². The van der Waals surface area contributed by atoms with Gasteiger partial charge >= 0.3 is 0 Å². The Bertz CT molecular complexity index is 465. The molecule has 0 spiro atoms. The molecule has 0 aromatic heterocycles. The molecule has 21 heavy (non-hydrogen) atoms. The normalized spacial score (nSPS) is 14.3. The van der Waals surface area contributed by atoms with Crippen LogP contribution in [0.15, 0.2) is 24.3 Å². The molecule has 2 unspecified atom stereocenters. The van der Waals surface area contributed by atoms with Crippen molar-refractivity contribution in [3.8, 4) is 0 Å². The van der Waals surface area contributed by atoms with E-state index in [0.29, 0.717) is 0 Å². The summed E-state index contributed by atoms with van der Waals surface area (Å²) >= 11 is 0. The molecule has 1 aromatic carbocycles. The molecule has 0 fully saturated rings. The Kier molecular flexibility index (Phi) is 6.78. The highest BCUT2D eigenvalue weighted by molar-refractivity contribution is 5.78. The minimum absolute atomic E-state index is 0.0581. The minimum atomic E-state index is -0.291. The number of hydrogen-bond donors (Lipinski definition) is 2. The Labute approximate surface area is 126 Å². The van der Waals surface area contributed by atoms with Gasteiger partial charge in [0.25, 0.3) is 0 Å². The summed E-state index contributed by atoms with van der Waals surface area (Å²) in [4.78, 5) is 13.8. The first-order chi connectivity index (χ1) is 9.85. The molecule has 118 valence electrons. The molecule has 0 radical (unpaired) electrons. The van der Waals surface area contributed by atoms with Gasteiger partial charge in [-0.25, -0.2) is 4.39 Å². The van der Waals surface area contributed by atoms with Gasteiger partial charge in [-0.15, -0.1) is 0 Å². The maximum Gasteiger partial charge on any atom is 0.234 e. The molecular formula is C16H26FN3O. The summed E-state index contributed by atoms with van der Waals surface area (Å²) in [5.41, 5.74) is 6.98. The number of rotatable bonds is 7. The number of nitrogens with two attached hydrogens (primary N) is 1. The average molecular weight is 295 g/mol. The van der Waals surface area contributed by atoms with Crippen LogP contribution in [0.4, 0.5) is 4.39 Å². The monoisotopic (exact) mass is 295 g/mol. The van der Waals surface area contributed by atoms with E-state index in [1.165, 1.54) is 12.1 Å². The van der Waals surface area contributed by atoms with Gasteiger partial charge < -0.3 is 11.1 Å². The molecule has 0 bridgehead atoms. The Morgan fingerprint density at radius 3 is 2.62 bits per heavy atom. The number of nitrogens with zero attached hydrogens (tertiary/aromatic N) is 1. The van der Waals surface area contributed by atoms with E-state index in [2.05, 4.69) is 5.32 Å². The Morgan fingerprint density at radius 2 is 2.10 bits per heavy atom. The Morgan fingerprint density at radius 1 is 1.43 bits per heavy atom. The molecule has 1 rings (SSSR count). The van der Waals surface area contributed by atoms with Gasteiger partial charge in [0.05, 0.1) is 12.6 Å². The van der Waals surface area contributed by atoms with Crippen LogP contribution in [0.2, 0.25) is 0 Å². The van der Waals surface area contributed by atoms with Gasteiger partial charge in [-0.2, -0.15) is 0 Å². The van der Waals surface area contributed by atoms with Crippen LogP contribution in [-0.2, 0) is 4.79 Å². The maximum atomic E-state index is 13.5. The summed E-state index contributed by atoms with van der Waals surface area (Å²) < 4.78 is 13.5. The molecular weight excluding hydrogens is 269 g/mol. The van der Waals surface area contributed by atoms with Crippen LogP contribution < -0.4 is 11.1 Å². The molecule has 3 N–H and O–H groups in total. The predicted octanol–water partition coefficient (Wildman–Crippen LogP) is 2.06. The largest absolute Gasteiger partial charge is 0.353 e. The maximum absolute atomic E-state index is 13.5. The third-order valence-electron chi connectivity index (χ3n) is 3.38. The van der Waals surface area contributed by atoms with E-state index in [4.69, 9.17) is 5.73 Å². The van der Waals surface area contributed by atoms with Gasteiger partial charge in [-0.3, -0.25) is 9.69 Å². The predicted molar refractivity (Wildman–Crippen MR) is 83.3 cm³/mol. The highest BCUT2D eigenvalue weighted by atomic mass is 19.1. The van der Waals surface area contributed by atoms with E-state index in [1.54, 1.807) is 6.07 Å². The smallest absolute Gasteiger partial charge is 0.234 e. The summed E-state index contributed by atoms with van der Waals surface area (Å²) in [5, 5.41) is 2.85. The second kappa shape index (κ2) is 8.10. The number of likely N-dealkylation sites (N-methyl/N-ethyl adjacent to an activating group) is 1. The lowest BCUT2D eigenvalue weighted by Gasteiger charge is -2.32. The molecule has 0 heterocycles. The van der Waals surface area contributed by atoms with Crippen LogP contribution in [0.5, 0.6) is 0 Å². The Balaban J connectivity index is 2.90. The molecule has 2 atom stereocenters. The van der Waals surface area contributed by atoms with Crippen molar-refractivity contribution in [2.75, 3.05) is 13.6 Å². The van der Waals surface area contributed by atoms with Crippen LogP contribution in [0, 0.1) is 5.82 Å². The lowest BCUT2D eigenvalue weighted by molar-refractivity contribution is -0.123. The third kappa shape index (κ3) is 5.44. The number of nitrogens with one attached hydrogen (secondary N) is 1. The van der Waals surface area contributed by atoms with Crippen molar-refractivity contribution in [2.24, 2.45) is 5.73 Å². The quantitative estimate of drug-likeness (QED) is 0.809. The first-order valence-corrected chi connectivity index (χ1v) is 7.35. The van der Waals surface area contributed by atoms with Gasteiger partial charge in [0.1, 0.15) is 5.82 Å². The fraction of sp³-hybridized carbons (Fsp3) is 0.562. The van der Waals surface area contributed by atoms with E-state index in [0.717, 1.165) is 12.0 Å². The van der Waals surface area contributed by atoms with Gasteiger partial charge in [-0.05, 0) is 45.0 Å². The average Bonchev–Trinajstić information content (AvgIpc) is 2.37. The van der Waals surface area contributed by atoms with E-state index in [1.807, 2.05) is 38.8 Å². The molecule has 0 saturated heterocycles. The van der Waals surface area contributed by atoms with Crippen molar-refractivity contribution in [2.45, 2.75) is 45.3 Å². The molecule has 0 aliphatic rings. The van der Waals surface area contributed by atoms with Gasteiger partial charge in [-0.1, -0.05) is 19.1 Å². The van der Waals surface area contributed by atoms with Crippen molar-refractivity contribution in [3.05, 3.63) is 35.6 Å². The molecule has 0 saturated carbocycles. The van der Waals surface area contributed by atoms with Gasteiger partial charge in [0, 0.05) is 12.1 Å². The van der Waals surface area contributed by atoms with Crippen molar-refractivity contribution >= 4 is 5.91 Å². The number of carbonyl (C=O) groups is 1. The van der Waals surface area contributed by atoms with E-state index in [-0.39, 0.29) is 36.4 Å². The molecule has 1 amide bonds. The molecule has 1 aromatic rings. The summed E-state index contributed by atoms with van der Waals surface area (Å²) in [7, 11) is 1.84. The summed E-state index contributed by atoms with van der Waals surface area (Å²) in [5.74, 6) is -0.349. The molecule has 4 nitrogen and oxygen atoms in total. The molecule has 0 aliphatic heterocycles. The van der Waals surface area contributed by atoms with Crippen LogP contribution >= 0.6 is 0 Å². The number of halogens is 1. The first kappa shape index (κ1) is 17.6. The third-order valence-corrected chi connectivity index (χ3v) is 3.38. The zero-order valence-corrected chi connectivity index (χ0v) is 13.3. The standard InChI is InChI=1S/C16H26FN3O/c1-5-14(18)16(12-7-6-8-13(17)9-12)20(4)10-15(21)19-11(2)3/h6-9,11,14,16H,5,10,18H2,1-4H3,(H,19,21). The van der Waals surface area contributed by atoms with Crippen LogP contribution in [0.1, 0.15) is 38.8 Å². The fourth-order valence-corrected chi connectivity index (χ4v) is 2.43.